The molecule has 0 fully saturated rings. The first kappa shape index (κ1) is 12.1. The molecule has 0 aliphatic rings. The molecule has 1 heterocycles. The zero-order valence-electron chi connectivity index (χ0n) is 9.40. The third kappa shape index (κ3) is 4.85. The van der Waals surface area contributed by atoms with Gasteiger partial charge in [0.25, 0.3) is 0 Å². The van der Waals surface area contributed by atoms with E-state index >= 15 is 0 Å². The molecule has 0 aromatic carbocycles. The first-order valence-electron chi connectivity index (χ1n) is 5.19. The van der Waals surface area contributed by atoms with Crippen molar-refractivity contribution in [2.45, 2.75) is 26.8 Å². The summed E-state index contributed by atoms with van der Waals surface area (Å²) in [6.07, 6.45) is 5.95. The summed E-state index contributed by atoms with van der Waals surface area (Å²) < 4.78 is 0. The quantitative estimate of drug-likeness (QED) is 0.733. The molecule has 0 unspecified atom stereocenters. The summed E-state index contributed by atoms with van der Waals surface area (Å²) in [7, 11) is 0. The molecule has 4 heteroatoms. The van der Waals surface area contributed by atoms with Gasteiger partial charge in [0.2, 0.25) is 0 Å². The van der Waals surface area contributed by atoms with Crippen LogP contribution in [0.4, 0.5) is 0 Å². The van der Waals surface area contributed by atoms with E-state index < -0.39 is 0 Å². The molecule has 0 saturated carbocycles. The molecule has 0 radical (unpaired) electrons. The summed E-state index contributed by atoms with van der Waals surface area (Å²) in [5.41, 5.74) is 1.21. The number of aromatic nitrogens is 2. The van der Waals surface area contributed by atoms with Crippen LogP contribution in [0.25, 0.3) is 0 Å². The Bertz CT molecular complexity index is 274. The van der Waals surface area contributed by atoms with Crippen LogP contribution in [-0.2, 0) is 6.54 Å². The first-order chi connectivity index (χ1) is 7.14. The highest BCUT2D eigenvalue weighted by atomic mass is 16.3. The Balaban J connectivity index is 2.27. The van der Waals surface area contributed by atoms with Crippen LogP contribution in [0.15, 0.2) is 18.7 Å². The summed E-state index contributed by atoms with van der Waals surface area (Å²) in [4.78, 5) is 7.89. The number of hydrogen-bond donors (Lipinski definition) is 2. The zero-order valence-corrected chi connectivity index (χ0v) is 9.40. The molecule has 0 atom stereocenters. The average molecular weight is 209 g/mol. The standard InChI is InChI=1S/C11H19N3O/c1-11(2,3-4-15)8-12-5-10-6-13-9-14-7-10/h6-7,9,12,15H,3-5,8H2,1-2H3. The molecule has 4 nitrogen and oxygen atoms in total. The number of hydrogen-bond acceptors (Lipinski definition) is 4. The van der Waals surface area contributed by atoms with Crippen LogP contribution in [0.1, 0.15) is 25.8 Å². The van der Waals surface area contributed by atoms with Crippen LogP contribution in [0.3, 0.4) is 0 Å². The van der Waals surface area contributed by atoms with E-state index in [0.717, 1.165) is 25.1 Å². The van der Waals surface area contributed by atoms with Crippen LogP contribution >= 0.6 is 0 Å². The predicted octanol–water partition coefficient (Wildman–Crippen LogP) is 0.975. The van der Waals surface area contributed by atoms with Gasteiger partial charge >= 0.3 is 0 Å². The second-order valence-corrected chi connectivity index (χ2v) is 4.49. The third-order valence-electron chi connectivity index (χ3n) is 2.34. The van der Waals surface area contributed by atoms with Gasteiger partial charge < -0.3 is 10.4 Å². The molecule has 15 heavy (non-hydrogen) atoms. The molecule has 0 bridgehead atoms. The van der Waals surface area contributed by atoms with Crippen LogP contribution in [0, 0.1) is 5.41 Å². The summed E-state index contributed by atoms with van der Waals surface area (Å²) in [5.74, 6) is 0. The molecule has 0 spiro atoms. The molecular weight excluding hydrogens is 190 g/mol. The Morgan fingerprint density at radius 1 is 1.33 bits per heavy atom. The fourth-order valence-electron chi connectivity index (χ4n) is 1.36. The van der Waals surface area contributed by atoms with E-state index in [9.17, 15) is 0 Å². The highest BCUT2D eigenvalue weighted by Crippen LogP contribution is 2.17. The second-order valence-electron chi connectivity index (χ2n) is 4.49. The smallest absolute Gasteiger partial charge is 0.115 e. The van der Waals surface area contributed by atoms with Crippen molar-refractivity contribution in [3.63, 3.8) is 0 Å². The topological polar surface area (TPSA) is 58.0 Å². The Kier molecular flexibility index (Phi) is 4.65. The maximum absolute atomic E-state index is 8.87. The summed E-state index contributed by atoms with van der Waals surface area (Å²) in [5, 5.41) is 12.2. The minimum absolute atomic E-state index is 0.129. The Morgan fingerprint density at radius 2 is 2.00 bits per heavy atom. The second kappa shape index (κ2) is 5.78. The van der Waals surface area contributed by atoms with E-state index in [4.69, 9.17) is 5.11 Å². The van der Waals surface area contributed by atoms with Crippen molar-refractivity contribution < 1.29 is 5.11 Å². The zero-order chi connectivity index (χ0) is 11.1. The summed E-state index contributed by atoms with van der Waals surface area (Å²) in [6, 6.07) is 0. The van der Waals surface area contributed by atoms with E-state index in [-0.39, 0.29) is 12.0 Å². The molecule has 0 aliphatic carbocycles. The van der Waals surface area contributed by atoms with Gasteiger partial charge in [-0.3, -0.25) is 0 Å². The normalized spacial score (nSPS) is 11.7. The van der Waals surface area contributed by atoms with Gasteiger partial charge in [-0.1, -0.05) is 13.8 Å². The fourth-order valence-corrected chi connectivity index (χ4v) is 1.36. The van der Waals surface area contributed by atoms with E-state index in [0.29, 0.717) is 0 Å². The number of nitrogens with zero attached hydrogens (tertiary/aromatic N) is 2. The molecular formula is C11H19N3O. The lowest BCUT2D eigenvalue weighted by Gasteiger charge is -2.23. The average Bonchev–Trinajstić information content (AvgIpc) is 2.19. The van der Waals surface area contributed by atoms with Crippen LogP contribution in [-0.4, -0.2) is 28.2 Å². The van der Waals surface area contributed by atoms with Crippen LogP contribution < -0.4 is 5.32 Å². The number of aliphatic hydroxyl groups is 1. The molecule has 0 amide bonds. The van der Waals surface area contributed by atoms with E-state index in [2.05, 4.69) is 29.1 Å². The largest absolute Gasteiger partial charge is 0.396 e. The lowest BCUT2D eigenvalue weighted by atomic mass is 9.90. The van der Waals surface area contributed by atoms with Gasteiger partial charge in [0.15, 0.2) is 0 Å². The molecule has 1 rings (SSSR count). The van der Waals surface area contributed by atoms with E-state index in [1.54, 1.807) is 12.4 Å². The van der Waals surface area contributed by atoms with E-state index in [1.165, 1.54) is 6.33 Å². The van der Waals surface area contributed by atoms with E-state index in [1.807, 2.05) is 0 Å². The van der Waals surface area contributed by atoms with Gasteiger partial charge in [-0.05, 0) is 11.8 Å². The highest BCUT2D eigenvalue weighted by molar-refractivity contribution is 5.01. The van der Waals surface area contributed by atoms with Crippen molar-refractivity contribution >= 4 is 0 Å². The summed E-state index contributed by atoms with van der Waals surface area (Å²) >= 11 is 0. The SMILES string of the molecule is CC(C)(CCO)CNCc1cncnc1. The maximum atomic E-state index is 8.87. The monoisotopic (exact) mass is 209 g/mol. The van der Waals surface area contributed by atoms with Crippen molar-refractivity contribution in [1.82, 2.24) is 15.3 Å². The van der Waals surface area contributed by atoms with Crippen molar-refractivity contribution in [3.05, 3.63) is 24.3 Å². The molecule has 0 saturated heterocycles. The predicted molar refractivity (Wildman–Crippen MR) is 59.2 cm³/mol. The Morgan fingerprint density at radius 3 is 2.60 bits per heavy atom. The molecule has 0 aliphatic heterocycles. The van der Waals surface area contributed by atoms with Crippen LogP contribution in [0.5, 0.6) is 0 Å². The summed E-state index contributed by atoms with van der Waals surface area (Å²) in [6.45, 7) is 6.16. The maximum Gasteiger partial charge on any atom is 0.115 e. The molecule has 84 valence electrons. The minimum atomic E-state index is 0.129. The van der Waals surface area contributed by atoms with Crippen molar-refractivity contribution in [1.29, 1.82) is 0 Å². The van der Waals surface area contributed by atoms with Gasteiger partial charge in [-0.2, -0.15) is 0 Å². The van der Waals surface area contributed by atoms with Gasteiger partial charge in [0.05, 0.1) is 0 Å². The number of nitrogens with one attached hydrogen (secondary N) is 1. The first-order valence-corrected chi connectivity index (χ1v) is 5.19. The van der Waals surface area contributed by atoms with Gasteiger partial charge in [0.1, 0.15) is 6.33 Å². The van der Waals surface area contributed by atoms with Gasteiger partial charge in [-0.15, -0.1) is 0 Å². The molecule has 1 aromatic heterocycles. The lowest BCUT2D eigenvalue weighted by molar-refractivity contribution is 0.207. The third-order valence-corrected chi connectivity index (χ3v) is 2.34. The molecule has 1 aromatic rings. The number of aliphatic hydroxyl groups excluding tert-OH is 1. The van der Waals surface area contributed by atoms with Crippen molar-refractivity contribution in [2.24, 2.45) is 5.41 Å². The van der Waals surface area contributed by atoms with Gasteiger partial charge in [-0.25, -0.2) is 9.97 Å². The minimum Gasteiger partial charge on any atom is -0.396 e. The number of rotatable bonds is 6. The van der Waals surface area contributed by atoms with Crippen LogP contribution in [0.2, 0.25) is 0 Å². The molecule has 2 N–H and O–H groups in total. The lowest BCUT2D eigenvalue weighted by Crippen LogP contribution is -2.29. The fraction of sp³-hybridized carbons (Fsp3) is 0.636. The highest BCUT2D eigenvalue weighted by Gasteiger charge is 2.15. The van der Waals surface area contributed by atoms with Crippen molar-refractivity contribution in [3.8, 4) is 0 Å². The Labute approximate surface area is 90.8 Å². The Hall–Kier alpha value is -1.00. The van der Waals surface area contributed by atoms with Gasteiger partial charge in [0, 0.05) is 37.7 Å². The van der Waals surface area contributed by atoms with Crippen molar-refractivity contribution in [2.75, 3.05) is 13.2 Å².